The van der Waals surface area contributed by atoms with E-state index in [0.717, 1.165) is 36.6 Å². The summed E-state index contributed by atoms with van der Waals surface area (Å²) in [6.07, 6.45) is 2.83. The third kappa shape index (κ3) is 3.68. The van der Waals surface area contributed by atoms with Gasteiger partial charge in [-0.25, -0.2) is 0 Å². The number of aromatic nitrogens is 2. The molecule has 0 spiro atoms. The van der Waals surface area contributed by atoms with E-state index in [2.05, 4.69) is 18.9 Å². The van der Waals surface area contributed by atoms with E-state index in [1.165, 1.54) is 0 Å². The maximum Gasteiger partial charge on any atom is 0.0979 e. The largest absolute Gasteiger partial charge is 0.387 e. The van der Waals surface area contributed by atoms with E-state index in [0.29, 0.717) is 5.02 Å². The van der Waals surface area contributed by atoms with Crippen LogP contribution in [0.4, 0.5) is 0 Å². The van der Waals surface area contributed by atoms with Crippen LogP contribution in [0.2, 0.25) is 5.02 Å². The molecule has 1 aromatic heterocycles. The molecule has 0 aromatic carbocycles. The molecule has 0 fully saturated rings. The van der Waals surface area contributed by atoms with Crippen LogP contribution in [0.15, 0.2) is 6.20 Å². The van der Waals surface area contributed by atoms with E-state index in [9.17, 15) is 5.11 Å². The van der Waals surface area contributed by atoms with Gasteiger partial charge in [0.15, 0.2) is 0 Å². The zero-order chi connectivity index (χ0) is 12.0. The Bertz CT molecular complexity index is 317. The number of rotatable bonds is 7. The molecule has 0 aliphatic carbocycles. The lowest BCUT2D eigenvalue weighted by atomic mass is 10.2. The van der Waals surface area contributed by atoms with Crippen LogP contribution in [0.3, 0.4) is 0 Å². The summed E-state index contributed by atoms with van der Waals surface area (Å²) < 4.78 is 1.81. The summed E-state index contributed by atoms with van der Waals surface area (Å²) >= 11 is 7.86. The lowest BCUT2D eigenvalue weighted by Crippen LogP contribution is -2.10. The number of hydrogen-bond donors (Lipinski definition) is 1. The van der Waals surface area contributed by atoms with Gasteiger partial charge in [-0.2, -0.15) is 16.9 Å². The molecular weight excluding hydrogens is 244 g/mol. The van der Waals surface area contributed by atoms with Gasteiger partial charge in [0.25, 0.3) is 0 Å². The first-order chi connectivity index (χ1) is 7.70. The average Bonchev–Trinajstić information content (AvgIpc) is 2.61. The normalized spacial score (nSPS) is 13.0. The zero-order valence-electron chi connectivity index (χ0n) is 9.82. The van der Waals surface area contributed by atoms with Crippen LogP contribution in [0, 0.1) is 0 Å². The van der Waals surface area contributed by atoms with Crippen LogP contribution < -0.4 is 0 Å². The molecule has 5 heteroatoms. The number of hydrogen-bond acceptors (Lipinski definition) is 3. The van der Waals surface area contributed by atoms with Gasteiger partial charge in [0, 0.05) is 6.54 Å². The number of aliphatic hydroxyl groups is 1. The van der Waals surface area contributed by atoms with Crippen molar-refractivity contribution in [2.75, 3.05) is 11.5 Å². The lowest BCUT2D eigenvalue weighted by Gasteiger charge is -2.13. The molecule has 92 valence electrons. The van der Waals surface area contributed by atoms with Gasteiger partial charge >= 0.3 is 0 Å². The molecule has 1 aromatic rings. The molecule has 0 aliphatic rings. The van der Waals surface area contributed by atoms with Gasteiger partial charge in [-0.3, -0.25) is 4.68 Å². The Kier molecular flexibility index (Phi) is 6.24. The molecule has 1 heterocycles. The Morgan fingerprint density at radius 2 is 2.31 bits per heavy atom. The quantitative estimate of drug-likeness (QED) is 0.768. The standard InChI is InChI=1S/C11H19ClN2OS/c1-3-6-14-11(9(12)8-13-14)10(15)5-7-16-4-2/h8,10,15H,3-7H2,1-2H3. The van der Waals surface area contributed by atoms with Gasteiger partial charge in [0.2, 0.25) is 0 Å². The molecular formula is C11H19ClN2OS. The number of aliphatic hydroxyl groups excluding tert-OH is 1. The maximum atomic E-state index is 10.1. The number of aryl methyl sites for hydroxylation is 1. The molecule has 0 radical (unpaired) electrons. The Morgan fingerprint density at radius 3 is 2.94 bits per heavy atom. The second-order valence-corrected chi connectivity index (χ2v) is 5.40. The van der Waals surface area contributed by atoms with Crippen LogP contribution in [-0.4, -0.2) is 26.4 Å². The SMILES string of the molecule is CCCn1ncc(Cl)c1C(O)CCSCC. The number of halogens is 1. The second-order valence-electron chi connectivity index (χ2n) is 3.60. The van der Waals surface area contributed by atoms with Crippen molar-refractivity contribution in [3.05, 3.63) is 16.9 Å². The van der Waals surface area contributed by atoms with E-state index >= 15 is 0 Å². The molecule has 0 saturated heterocycles. The molecule has 1 unspecified atom stereocenters. The highest BCUT2D eigenvalue weighted by molar-refractivity contribution is 7.99. The Labute approximate surface area is 106 Å². The Morgan fingerprint density at radius 1 is 1.56 bits per heavy atom. The van der Waals surface area contributed by atoms with Crippen molar-refractivity contribution in [2.24, 2.45) is 0 Å². The topological polar surface area (TPSA) is 38.0 Å². The Hall–Kier alpha value is -0.190. The average molecular weight is 263 g/mol. The highest BCUT2D eigenvalue weighted by Crippen LogP contribution is 2.26. The summed E-state index contributed by atoms with van der Waals surface area (Å²) in [5.41, 5.74) is 0.764. The van der Waals surface area contributed by atoms with Crippen molar-refractivity contribution in [3.63, 3.8) is 0 Å². The minimum atomic E-state index is -0.499. The van der Waals surface area contributed by atoms with Gasteiger partial charge < -0.3 is 5.11 Å². The summed E-state index contributed by atoms with van der Waals surface area (Å²) in [4.78, 5) is 0. The summed E-state index contributed by atoms with van der Waals surface area (Å²) in [7, 11) is 0. The molecule has 0 bridgehead atoms. The highest BCUT2D eigenvalue weighted by Gasteiger charge is 2.17. The number of thioether (sulfide) groups is 1. The van der Waals surface area contributed by atoms with E-state index < -0.39 is 6.10 Å². The molecule has 1 atom stereocenters. The van der Waals surface area contributed by atoms with Gasteiger partial charge in [0.1, 0.15) is 0 Å². The monoisotopic (exact) mass is 262 g/mol. The van der Waals surface area contributed by atoms with E-state index in [1.807, 2.05) is 16.4 Å². The fourth-order valence-electron chi connectivity index (χ4n) is 1.57. The van der Waals surface area contributed by atoms with Gasteiger partial charge in [-0.15, -0.1) is 0 Å². The molecule has 0 amide bonds. The molecule has 0 saturated carbocycles. The fraction of sp³-hybridized carbons (Fsp3) is 0.727. The Balaban J connectivity index is 2.65. The van der Waals surface area contributed by atoms with Crippen LogP contribution in [0.25, 0.3) is 0 Å². The lowest BCUT2D eigenvalue weighted by molar-refractivity contribution is 0.163. The summed E-state index contributed by atoms with van der Waals surface area (Å²) in [5.74, 6) is 2.03. The van der Waals surface area contributed by atoms with Crippen molar-refractivity contribution in [3.8, 4) is 0 Å². The summed E-state index contributed by atoms with van der Waals surface area (Å²) in [5, 5.41) is 14.8. The van der Waals surface area contributed by atoms with Crippen LogP contribution in [0.5, 0.6) is 0 Å². The van der Waals surface area contributed by atoms with Crippen LogP contribution in [-0.2, 0) is 6.54 Å². The van der Waals surface area contributed by atoms with Gasteiger partial charge in [-0.05, 0) is 24.3 Å². The minimum Gasteiger partial charge on any atom is -0.387 e. The zero-order valence-corrected chi connectivity index (χ0v) is 11.4. The fourth-order valence-corrected chi connectivity index (χ4v) is 2.51. The first-order valence-corrected chi connectivity index (χ1v) is 7.21. The smallest absolute Gasteiger partial charge is 0.0979 e. The van der Waals surface area contributed by atoms with E-state index in [-0.39, 0.29) is 0 Å². The van der Waals surface area contributed by atoms with Crippen molar-refractivity contribution in [1.82, 2.24) is 9.78 Å². The predicted octanol–water partition coefficient (Wildman–Crippen LogP) is 3.12. The van der Waals surface area contributed by atoms with E-state index in [4.69, 9.17) is 11.6 Å². The van der Waals surface area contributed by atoms with Crippen LogP contribution >= 0.6 is 23.4 Å². The number of nitrogens with zero attached hydrogens (tertiary/aromatic N) is 2. The molecule has 1 N–H and O–H groups in total. The molecule has 3 nitrogen and oxygen atoms in total. The summed E-state index contributed by atoms with van der Waals surface area (Å²) in [6, 6.07) is 0. The van der Waals surface area contributed by atoms with E-state index in [1.54, 1.807) is 6.20 Å². The maximum absolute atomic E-state index is 10.1. The summed E-state index contributed by atoms with van der Waals surface area (Å²) in [6.45, 7) is 5.00. The minimum absolute atomic E-state index is 0.499. The highest BCUT2D eigenvalue weighted by atomic mass is 35.5. The first-order valence-electron chi connectivity index (χ1n) is 5.67. The van der Waals surface area contributed by atoms with Gasteiger partial charge in [-0.1, -0.05) is 25.4 Å². The van der Waals surface area contributed by atoms with Gasteiger partial charge in [0.05, 0.1) is 23.0 Å². The van der Waals surface area contributed by atoms with Crippen molar-refractivity contribution in [2.45, 2.75) is 39.3 Å². The molecule has 16 heavy (non-hydrogen) atoms. The molecule has 0 aliphatic heterocycles. The third-order valence-electron chi connectivity index (χ3n) is 2.32. The third-order valence-corrected chi connectivity index (χ3v) is 3.55. The molecule has 1 rings (SSSR count). The van der Waals surface area contributed by atoms with Crippen LogP contribution in [0.1, 0.15) is 38.5 Å². The predicted molar refractivity (Wildman–Crippen MR) is 70.1 cm³/mol. The van der Waals surface area contributed by atoms with Crippen molar-refractivity contribution in [1.29, 1.82) is 0 Å². The van der Waals surface area contributed by atoms with Crippen molar-refractivity contribution >= 4 is 23.4 Å². The van der Waals surface area contributed by atoms with Crippen molar-refractivity contribution < 1.29 is 5.11 Å². The second kappa shape index (κ2) is 7.20. The first kappa shape index (κ1) is 13.9.